The van der Waals surface area contributed by atoms with Gasteiger partial charge in [-0.25, -0.2) is 0 Å². The summed E-state index contributed by atoms with van der Waals surface area (Å²) in [6.45, 7) is 0. The third-order valence-corrected chi connectivity index (χ3v) is 5.84. The van der Waals surface area contributed by atoms with Gasteiger partial charge in [0, 0.05) is 36.2 Å². The molecule has 0 bridgehead atoms. The molecule has 1 aromatic heterocycles. The molecule has 4 rings (SSSR count). The Morgan fingerprint density at radius 1 is 1.17 bits per heavy atom. The predicted molar refractivity (Wildman–Crippen MR) is 112 cm³/mol. The number of hydrogen-bond acceptors (Lipinski definition) is 6. The van der Waals surface area contributed by atoms with Crippen molar-refractivity contribution in [3.8, 4) is 0 Å². The highest BCUT2D eigenvalue weighted by Gasteiger charge is 2.30. The van der Waals surface area contributed by atoms with E-state index >= 15 is 0 Å². The van der Waals surface area contributed by atoms with Crippen LogP contribution in [0.15, 0.2) is 29.4 Å². The van der Waals surface area contributed by atoms with Crippen molar-refractivity contribution in [3.05, 3.63) is 35.7 Å². The maximum absolute atomic E-state index is 12.4. The first-order chi connectivity index (χ1) is 14.5. The lowest BCUT2D eigenvalue weighted by molar-refractivity contribution is -0.118. The summed E-state index contributed by atoms with van der Waals surface area (Å²) in [5, 5.41) is 14.8. The van der Waals surface area contributed by atoms with E-state index < -0.39 is 0 Å². The summed E-state index contributed by atoms with van der Waals surface area (Å²) in [6.07, 6.45) is 4.79. The normalized spacial score (nSPS) is 15.6. The molecule has 0 radical (unpaired) electrons. The fourth-order valence-corrected chi connectivity index (χ4v) is 3.90. The van der Waals surface area contributed by atoms with Gasteiger partial charge in [0.2, 0.25) is 11.8 Å². The molecule has 2 aromatic rings. The number of primary amides is 1. The Bertz CT molecular complexity index is 967. The van der Waals surface area contributed by atoms with E-state index in [1.807, 2.05) is 4.57 Å². The standard InChI is InChI=1S/C20H24N6O3S/c21-16(27)8-9-17-24-25-20(26(17)15-6-7-15)30-11-18(28)22-14-3-1-2-12(10-14)19(29)23-13-4-5-13/h1-3,10,13,15H,4-9,11H2,(H2,21,27)(H,22,28)(H,23,29). The van der Waals surface area contributed by atoms with Crippen LogP contribution in [0, 0.1) is 0 Å². The maximum atomic E-state index is 12.4. The van der Waals surface area contributed by atoms with Crippen LogP contribution in [0.25, 0.3) is 0 Å². The van der Waals surface area contributed by atoms with Crippen molar-refractivity contribution in [2.45, 2.75) is 55.8 Å². The topological polar surface area (TPSA) is 132 Å². The van der Waals surface area contributed by atoms with Gasteiger partial charge in [-0.1, -0.05) is 17.8 Å². The van der Waals surface area contributed by atoms with Crippen molar-refractivity contribution in [3.63, 3.8) is 0 Å². The van der Waals surface area contributed by atoms with Crippen LogP contribution in [0.2, 0.25) is 0 Å². The van der Waals surface area contributed by atoms with E-state index in [1.165, 1.54) is 11.8 Å². The molecule has 2 fully saturated rings. The number of benzene rings is 1. The number of anilines is 1. The van der Waals surface area contributed by atoms with E-state index in [9.17, 15) is 14.4 Å². The summed E-state index contributed by atoms with van der Waals surface area (Å²) in [5.41, 5.74) is 6.34. The van der Waals surface area contributed by atoms with Gasteiger partial charge < -0.3 is 20.9 Å². The zero-order valence-corrected chi connectivity index (χ0v) is 17.3. The van der Waals surface area contributed by atoms with Gasteiger partial charge in [0.25, 0.3) is 5.91 Å². The number of thioether (sulfide) groups is 1. The molecule has 0 spiro atoms. The largest absolute Gasteiger partial charge is 0.370 e. The zero-order valence-electron chi connectivity index (χ0n) is 16.5. The van der Waals surface area contributed by atoms with Gasteiger partial charge >= 0.3 is 0 Å². The molecule has 1 heterocycles. The number of aryl methyl sites for hydroxylation is 1. The molecule has 4 N–H and O–H groups in total. The molecule has 2 aliphatic rings. The lowest BCUT2D eigenvalue weighted by Crippen LogP contribution is -2.25. The Balaban J connectivity index is 1.34. The molecule has 3 amide bonds. The minimum atomic E-state index is -0.373. The molecule has 0 unspecified atom stereocenters. The Morgan fingerprint density at radius 2 is 1.97 bits per heavy atom. The molecule has 9 nitrogen and oxygen atoms in total. The fraction of sp³-hybridized carbons (Fsp3) is 0.450. The van der Waals surface area contributed by atoms with Gasteiger partial charge in [0.1, 0.15) is 5.82 Å². The van der Waals surface area contributed by atoms with Gasteiger partial charge in [-0.3, -0.25) is 14.4 Å². The minimum Gasteiger partial charge on any atom is -0.370 e. The van der Waals surface area contributed by atoms with Crippen molar-refractivity contribution >= 4 is 35.2 Å². The van der Waals surface area contributed by atoms with E-state index in [4.69, 9.17) is 5.73 Å². The Labute approximate surface area is 178 Å². The van der Waals surface area contributed by atoms with Crippen LogP contribution in [-0.4, -0.2) is 44.3 Å². The first-order valence-corrected chi connectivity index (χ1v) is 11.0. The van der Waals surface area contributed by atoms with Crippen LogP contribution in [0.4, 0.5) is 5.69 Å². The van der Waals surface area contributed by atoms with Crippen LogP contribution in [-0.2, 0) is 16.0 Å². The first kappa shape index (κ1) is 20.4. The predicted octanol–water partition coefficient (Wildman–Crippen LogP) is 1.65. The van der Waals surface area contributed by atoms with E-state index in [-0.39, 0.29) is 35.9 Å². The molecule has 0 saturated heterocycles. The van der Waals surface area contributed by atoms with Gasteiger partial charge in [-0.05, 0) is 43.9 Å². The monoisotopic (exact) mass is 428 g/mol. The lowest BCUT2D eigenvalue weighted by Gasteiger charge is -2.09. The van der Waals surface area contributed by atoms with Crippen LogP contribution in [0.5, 0.6) is 0 Å². The highest BCUT2D eigenvalue weighted by atomic mass is 32.2. The Hall–Kier alpha value is -2.88. The van der Waals surface area contributed by atoms with Crippen molar-refractivity contribution < 1.29 is 14.4 Å². The lowest BCUT2D eigenvalue weighted by atomic mass is 10.2. The number of carbonyl (C=O) groups excluding carboxylic acids is 3. The summed E-state index contributed by atoms with van der Waals surface area (Å²) in [5.74, 6) is 0.211. The molecule has 2 aliphatic carbocycles. The molecule has 1 aromatic carbocycles. The SMILES string of the molecule is NC(=O)CCc1nnc(SCC(=O)Nc2cccc(C(=O)NC3CC3)c2)n1C1CC1. The van der Waals surface area contributed by atoms with Gasteiger partial charge in [-0.2, -0.15) is 0 Å². The average molecular weight is 429 g/mol. The third-order valence-electron chi connectivity index (χ3n) is 4.90. The van der Waals surface area contributed by atoms with Crippen LogP contribution < -0.4 is 16.4 Å². The third kappa shape index (κ3) is 5.38. The summed E-state index contributed by atoms with van der Waals surface area (Å²) >= 11 is 1.31. The first-order valence-electron chi connectivity index (χ1n) is 10.1. The number of nitrogens with one attached hydrogen (secondary N) is 2. The number of aromatic nitrogens is 3. The number of rotatable bonds is 10. The van der Waals surface area contributed by atoms with Crippen molar-refractivity contribution in [2.75, 3.05) is 11.1 Å². The Kier molecular flexibility index (Phi) is 6.03. The molecule has 2 saturated carbocycles. The number of carbonyl (C=O) groups is 3. The fourth-order valence-electron chi connectivity index (χ4n) is 3.07. The van der Waals surface area contributed by atoms with Crippen molar-refractivity contribution in [2.24, 2.45) is 5.73 Å². The van der Waals surface area contributed by atoms with E-state index in [0.717, 1.165) is 31.5 Å². The van der Waals surface area contributed by atoms with Crippen molar-refractivity contribution in [1.29, 1.82) is 0 Å². The molecular formula is C20H24N6O3S. The second-order valence-electron chi connectivity index (χ2n) is 7.63. The molecular weight excluding hydrogens is 404 g/mol. The molecule has 10 heteroatoms. The Morgan fingerprint density at radius 3 is 2.67 bits per heavy atom. The smallest absolute Gasteiger partial charge is 0.251 e. The van der Waals surface area contributed by atoms with Crippen LogP contribution in [0.3, 0.4) is 0 Å². The van der Waals surface area contributed by atoms with Gasteiger partial charge in [0.05, 0.1) is 5.75 Å². The second kappa shape index (κ2) is 8.86. The minimum absolute atomic E-state index is 0.121. The second-order valence-corrected chi connectivity index (χ2v) is 8.57. The van der Waals surface area contributed by atoms with E-state index in [1.54, 1.807) is 24.3 Å². The summed E-state index contributed by atoms with van der Waals surface area (Å²) in [6, 6.07) is 7.52. The van der Waals surface area contributed by atoms with E-state index in [0.29, 0.717) is 28.9 Å². The van der Waals surface area contributed by atoms with Crippen molar-refractivity contribution in [1.82, 2.24) is 20.1 Å². The highest BCUT2D eigenvalue weighted by molar-refractivity contribution is 7.99. The summed E-state index contributed by atoms with van der Waals surface area (Å²) in [7, 11) is 0. The zero-order chi connectivity index (χ0) is 21.1. The summed E-state index contributed by atoms with van der Waals surface area (Å²) in [4.78, 5) is 35.7. The average Bonchev–Trinajstić information content (AvgIpc) is 3.65. The number of amides is 3. The molecule has 0 atom stereocenters. The molecule has 30 heavy (non-hydrogen) atoms. The van der Waals surface area contributed by atoms with E-state index in [2.05, 4.69) is 20.8 Å². The quantitative estimate of drug-likeness (QED) is 0.493. The molecule has 0 aliphatic heterocycles. The number of nitrogens with zero attached hydrogens (tertiary/aromatic N) is 3. The maximum Gasteiger partial charge on any atom is 0.251 e. The highest BCUT2D eigenvalue weighted by Crippen LogP contribution is 2.39. The number of hydrogen-bond donors (Lipinski definition) is 3. The number of nitrogens with two attached hydrogens (primary N) is 1. The van der Waals surface area contributed by atoms with Gasteiger partial charge in [0.15, 0.2) is 5.16 Å². The van der Waals surface area contributed by atoms with Crippen LogP contribution >= 0.6 is 11.8 Å². The molecule has 158 valence electrons. The van der Waals surface area contributed by atoms with Gasteiger partial charge in [-0.15, -0.1) is 10.2 Å². The summed E-state index contributed by atoms with van der Waals surface area (Å²) < 4.78 is 2.02. The van der Waals surface area contributed by atoms with Crippen LogP contribution in [0.1, 0.15) is 54.3 Å².